The van der Waals surface area contributed by atoms with E-state index in [1.165, 1.54) is 0 Å². The van der Waals surface area contributed by atoms with Crippen molar-refractivity contribution in [3.8, 4) is 5.69 Å². The molecule has 0 radical (unpaired) electrons. The second-order valence-corrected chi connectivity index (χ2v) is 7.65. The Hall–Kier alpha value is -4.11. The van der Waals surface area contributed by atoms with E-state index in [9.17, 15) is 0 Å². The van der Waals surface area contributed by atoms with Gasteiger partial charge in [0.1, 0.15) is 11.2 Å². The van der Waals surface area contributed by atoms with Crippen molar-refractivity contribution in [3.63, 3.8) is 0 Å². The van der Waals surface area contributed by atoms with Crippen LogP contribution in [0.1, 0.15) is 0 Å². The van der Waals surface area contributed by atoms with Crippen molar-refractivity contribution >= 4 is 54.6 Å². The van der Waals surface area contributed by atoms with Gasteiger partial charge in [-0.15, -0.1) is 0 Å². The highest BCUT2D eigenvalue weighted by atomic mass is 16.3. The lowest BCUT2D eigenvalue weighted by molar-refractivity contribution is 0.672. The lowest BCUT2D eigenvalue weighted by Crippen LogP contribution is -1.94. The number of nitrogens with zero attached hydrogens (tertiary/aromatic N) is 2. The number of rotatable bonds is 1. The summed E-state index contributed by atoms with van der Waals surface area (Å²) < 4.78 is 8.60. The van der Waals surface area contributed by atoms with E-state index < -0.39 is 0 Å². The lowest BCUT2D eigenvalue weighted by atomic mass is 10.1. The third-order valence-electron chi connectivity index (χ3n) is 6.03. The molecule has 0 bridgehead atoms. The maximum atomic E-state index is 6.29. The summed E-state index contributed by atoms with van der Waals surface area (Å²) in [5.74, 6) is 0. The minimum Gasteiger partial charge on any atom is -0.455 e. The van der Waals surface area contributed by atoms with E-state index in [-0.39, 0.29) is 0 Å². The van der Waals surface area contributed by atoms with Gasteiger partial charge >= 0.3 is 0 Å². The number of hydrogen-bond donors (Lipinski definition) is 0. The number of fused-ring (bicyclic) bond motifs is 9. The highest BCUT2D eigenvalue weighted by molar-refractivity contribution is 6.23. The van der Waals surface area contributed by atoms with Gasteiger partial charge in [0.25, 0.3) is 0 Å². The van der Waals surface area contributed by atoms with E-state index in [0.717, 1.165) is 60.3 Å². The Morgan fingerprint density at radius 3 is 2.23 bits per heavy atom. The monoisotopic (exact) mass is 384 g/mol. The first-order valence-corrected chi connectivity index (χ1v) is 10.1. The van der Waals surface area contributed by atoms with Gasteiger partial charge in [-0.2, -0.15) is 0 Å². The Balaban J connectivity index is 1.73. The SMILES string of the molecule is c1ccc(-n2c3ccccc3c3ncc4c(ccc5c6ccccc6oc54)c32)cc1. The standard InChI is InChI=1S/C27H16N2O/c1-2-8-17(9-3-1)29-23-12-6-4-11-21(23)25-26(29)19-14-15-20-18-10-5-7-13-24(18)30-27(20)22(19)16-28-25/h1-16H. The molecular weight excluding hydrogens is 368 g/mol. The largest absolute Gasteiger partial charge is 0.455 e. The highest BCUT2D eigenvalue weighted by Gasteiger charge is 2.18. The molecule has 0 saturated carbocycles. The van der Waals surface area contributed by atoms with Gasteiger partial charge in [0.15, 0.2) is 0 Å². The van der Waals surface area contributed by atoms with Gasteiger partial charge in [-0.1, -0.05) is 60.7 Å². The van der Waals surface area contributed by atoms with Crippen molar-refractivity contribution in [2.45, 2.75) is 0 Å². The summed E-state index contributed by atoms with van der Waals surface area (Å²) in [6.45, 7) is 0. The molecule has 3 nitrogen and oxygen atoms in total. The fourth-order valence-electron chi connectivity index (χ4n) is 4.72. The Kier molecular flexibility index (Phi) is 3.00. The summed E-state index contributed by atoms with van der Waals surface area (Å²) in [5.41, 5.74) is 6.21. The summed E-state index contributed by atoms with van der Waals surface area (Å²) >= 11 is 0. The van der Waals surface area contributed by atoms with E-state index in [4.69, 9.17) is 9.40 Å². The van der Waals surface area contributed by atoms with Crippen LogP contribution in [0.5, 0.6) is 0 Å². The van der Waals surface area contributed by atoms with Crippen molar-refractivity contribution in [1.29, 1.82) is 0 Å². The second-order valence-electron chi connectivity index (χ2n) is 7.65. The molecule has 30 heavy (non-hydrogen) atoms. The first-order valence-electron chi connectivity index (χ1n) is 10.1. The fourth-order valence-corrected chi connectivity index (χ4v) is 4.72. The second kappa shape index (κ2) is 5.71. The van der Waals surface area contributed by atoms with Gasteiger partial charge in [0.2, 0.25) is 0 Å². The van der Waals surface area contributed by atoms with E-state index in [1.54, 1.807) is 0 Å². The molecular formula is C27H16N2O. The molecule has 0 fully saturated rings. The molecule has 0 aliphatic heterocycles. The summed E-state index contributed by atoms with van der Waals surface area (Å²) in [4.78, 5) is 4.92. The summed E-state index contributed by atoms with van der Waals surface area (Å²) in [6, 6.07) is 31.5. The Labute approximate surface area is 171 Å². The molecule has 0 amide bonds. The first kappa shape index (κ1) is 15.8. The number of pyridine rings is 1. The van der Waals surface area contributed by atoms with Gasteiger partial charge < -0.3 is 8.98 Å². The summed E-state index contributed by atoms with van der Waals surface area (Å²) in [6.07, 6.45) is 1.96. The molecule has 140 valence electrons. The molecule has 0 saturated heterocycles. The zero-order chi connectivity index (χ0) is 19.7. The van der Waals surface area contributed by atoms with Crippen molar-refractivity contribution in [2.24, 2.45) is 0 Å². The molecule has 3 heteroatoms. The van der Waals surface area contributed by atoms with E-state index >= 15 is 0 Å². The first-order chi connectivity index (χ1) is 14.9. The molecule has 7 aromatic rings. The minimum atomic E-state index is 0.896. The van der Waals surface area contributed by atoms with E-state index in [1.807, 2.05) is 24.4 Å². The van der Waals surface area contributed by atoms with Crippen LogP contribution in [0.2, 0.25) is 0 Å². The van der Waals surface area contributed by atoms with Crippen LogP contribution in [0.4, 0.5) is 0 Å². The van der Waals surface area contributed by atoms with Crippen LogP contribution in [-0.4, -0.2) is 9.55 Å². The van der Waals surface area contributed by atoms with Crippen LogP contribution < -0.4 is 0 Å². The van der Waals surface area contributed by atoms with Crippen LogP contribution in [0.15, 0.2) is 102 Å². The summed E-state index contributed by atoms with van der Waals surface area (Å²) in [7, 11) is 0. The fraction of sp³-hybridized carbons (Fsp3) is 0. The maximum absolute atomic E-state index is 6.29. The van der Waals surface area contributed by atoms with E-state index in [0.29, 0.717) is 0 Å². The van der Waals surface area contributed by atoms with Crippen LogP contribution in [0.25, 0.3) is 60.3 Å². The molecule has 0 spiro atoms. The molecule has 0 aliphatic carbocycles. The maximum Gasteiger partial charge on any atom is 0.144 e. The van der Waals surface area contributed by atoms with Crippen LogP contribution in [0, 0.1) is 0 Å². The molecule has 7 rings (SSSR count). The van der Waals surface area contributed by atoms with E-state index in [2.05, 4.69) is 77.4 Å². The Bertz CT molecular complexity index is 1740. The lowest BCUT2D eigenvalue weighted by Gasteiger charge is -2.09. The van der Waals surface area contributed by atoms with Gasteiger partial charge in [-0.25, -0.2) is 0 Å². The zero-order valence-corrected chi connectivity index (χ0v) is 16.0. The Morgan fingerprint density at radius 1 is 0.600 bits per heavy atom. The number of para-hydroxylation sites is 3. The number of benzene rings is 4. The molecule has 0 atom stereocenters. The van der Waals surface area contributed by atoms with Gasteiger partial charge in [0.05, 0.1) is 16.6 Å². The van der Waals surface area contributed by atoms with Gasteiger partial charge in [0, 0.05) is 38.8 Å². The topological polar surface area (TPSA) is 31.0 Å². The van der Waals surface area contributed by atoms with Crippen molar-refractivity contribution in [3.05, 3.63) is 97.2 Å². The average Bonchev–Trinajstić information content (AvgIpc) is 3.36. The van der Waals surface area contributed by atoms with Crippen LogP contribution >= 0.6 is 0 Å². The molecule has 0 unspecified atom stereocenters. The van der Waals surface area contributed by atoms with Crippen LogP contribution in [0.3, 0.4) is 0 Å². The molecule has 0 N–H and O–H groups in total. The molecule has 4 aromatic carbocycles. The van der Waals surface area contributed by atoms with Gasteiger partial charge in [-0.05, 0) is 30.3 Å². The zero-order valence-electron chi connectivity index (χ0n) is 16.0. The predicted octanol–water partition coefficient (Wildman–Crippen LogP) is 7.23. The number of furan rings is 1. The third kappa shape index (κ3) is 1.96. The predicted molar refractivity (Wildman–Crippen MR) is 123 cm³/mol. The smallest absolute Gasteiger partial charge is 0.144 e. The van der Waals surface area contributed by atoms with Crippen molar-refractivity contribution < 1.29 is 4.42 Å². The quantitative estimate of drug-likeness (QED) is 0.299. The normalized spacial score (nSPS) is 12.0. The minimum absolute atomic E-state index is 0.896. The molecule has 3 aromatic heterocycles. The number of hydrogen-bond acceptors (Lipinski definition) is 2. The van der Waals surface area contributed by atoms with Gasteiger partial charge in [-0.3, -0.25) is 4.98 Å². The summed E-state index contributed by atoms with van der Waals surface area (Å²) in [5, 5.41) is 5.60. The van der Waals surface area contributed by atoms with Crippen LogP contribution in [-0.2, 0) is 0 Å². The van der Waals surface area contributed by atoms with Crippen molar-refractivity contribution in [2.75, 3.05) is 0 Å². The number of aromatic nitrogens is 2. The highest BCUT2D eigenvalue weighted by Crippen LogP contribution is 2.39. The molecule has 3 heterocycles. The third-order valence-corrected chi connectivity index (χ3v) is 6.03. The van der Waals surface area contributed by atoms with Crippen molar-refractivity contribution in [1.82, 2.24) is 9.55 Å². The Morgan fingerprint density at radius 2 is 1.33 bits per heavy atom. The molecule has 0 aliphatic rings. The average molecular weight is 384 g/mol.